The second-order valence-electron chi connectivity index (χ2n) is 4.39. The molecule has 0 atom stereocenters. The fourth-order valence-corrected chi connectivity index (χ4v) is 1.78. The molecule has 0 bridgehead atoms. The fourth-order valence-electron chi connectivity index (χ4n) is 1.78. The molecule has 0 aliphatic rings. The number of benzene rings is 1. The number of aromatic nitrogens is 2. The molecule has 5 nitrogen and oxygen atoms in total. The zero-order chi connectivity index (χ0) is 12.7. The van der Waals surface area contributed by atoms with E-state index in [2.05, 4.69) is 5.10 Å². The normalized spacial score (nSPS) is 11.3. The van der Waals surface area contributed by atoms with Crippen LogP contribution in [0.3, 0.4) is 0 Å². The summed E-state index contributed by atoms with van der Waals surface area (Å²) >= 11 is 0. The summed E-state index contributed by atoms with van der Waals surface area (Å²) in [6.07, 6.45) is 0. The van der Waals surface area contributed by atoms with E-state index in [0.29, 0.717) is 10.9 Å². The second-order valence-corrected chi connectivity index (χ2v) is 4.39. The lowest BCUT2D eigenvalue weighted by molar-refractivity contribution is 0.471. The smallest absolute Gasteiger partial charge is 0.273 e. The lowest BCUT2D eigenvalue weighted by atomic mass is 10.1. The molecule has 0 fully saturated rings. The summed E-state index contributed by atoms with van der Waals surface area (Å²) in [5.41, 5.74) is -0.0500. The van der Waals surface area contributed by atoms with Crippen LogP contribution in [0.25, 0.3) is 10.8 Å². The van der Waals surface area contributed by atoms with Crippen molar-refractivity contribution in [1.29, 1.82) is 0 Å². The molecule has 0 aliphatic carbocycles. The molecule has 1 aromatic carbocycles. The minimum Gasteiger partial charge on any atom is -0.508 e. The maximum absolute atomic E-state index is 12.1. The zero-order valence-corrected chi connectivity index (χ0v) is 9.94. The molecule has 0 aliphatic heterocycles. The molecule has 5 heteroatoms. The zero-order valence-electron chi connectivity index (χ0n) is 9.94. The van der Waals surface area contributed by atoms with Crippen LogP contribution in [0, 0.1) is 6.92 Å². The van der Waals surface area contributed by atoms with Crippen molar-refractivity contribution >= 4 is 10.8 Å². The highest BCUT2D eigenvalue weighted by atomic mass is 16.3. The van der Waals surface area contributed by atoms with Gasteiger partial charge < -0.3 is 5.11 Å². The molecule has 1 heterocycles. The molecular weight excluding hydrogens is 220 g/mol. The molecule has 17 heavy (non-hydrogen) atoms. The average molecular weight is 234 g/mol. The van der Waals surface area contributed by atoms with Crippen molar-refractivity contribution in [2.75, 3.05) is 0 Å². The van der Waals surface area contributed by atoms with Gasteiger partial charge in [0.05, 0.1) is 10.8 Å². The van der Waals surface area contributed by atoms with Crippen LogP contribution < -0.4 is 11.1 Å². The maximum atomic E-state index is 12.1. The predicted molar refractivity (Wildman–Crippen MR) is 65.6 cm³/mol. The Morgan fingerprint density at radius 1 is 1.24 bits per heavy atom. The van der Waals surface area contributed by atoms with Crippen LogP contribution in [0.2, 0.25) is 0 Å². The summed E-state index contributed by atoms with van der Waals surface area (Å²) in [5, 5.41) is 12.7. The van der Waals surface area contributed by atoms with Crippen molar-refractivity contribution in [3.05, 3.63) is 38.4 Å². The van der Waals surface area contributed by atoms with E-state index in [0.717, 1.165) is 0 Å². The number of hydrogen-bond acceptors (Lipinski definition) is 3. The van der Waals surface area contributed by atoms with E-state index < -0.39 is 0 Å². The summed E-state index contributed by atoms with van der Waals surface area (Å²) in [7, 11) is 0. The quantitative estimate of drug-likeness (QED) is 0.780. The molecule has 0 unspecified atom stereocenters. The molecule has 0 amide bonds. The minimum atomic E-state index is -0.323. The van der Waals surface area contributed by atoms with Crippen molar-refractivity contribution in [1.82, 2.24) is 9.78 Å². The van der Waals surface area contributed by atoms with Gasteiger partial charge in [0.25, 0.3) is 11.1 Å². The Morgan fingerprint density at radius 3 is 2.47 bits per heavy atom. The standard InChI is InChI=1S/C12H14N2O3/c1-6(2)14-12(17)9-5-10(15)7(3)4-8(9)11(16)13-14/h4-6,15H,1-3H3,(H,13,16). The molecule has 2 rings (SSSR count). The number of phenolic OH excluding ortho intramolecular Hbond substituents is 1. The van der Waals surface area contributed by atoms with Crippen LogP contribution in [0.4, 0.5) is 0 Å². The third-order valence-corrected chi connectivity index (χ3v) is 2.77. The summed E-state index contributed by atoms with van der Waals surface area (Å²) in [6, 6.07) is 2.74. The lowest BCUT2D eigenvalue weighted by Crippen LogP contribution is -2.31. The van der Waals surface area contributed by atoms with E-state index in [1.54, 1.807) is 20.8 Å². The Hall–Kier alpha value is -2.04. The Morgan fingerprint density at radius 2 is 1.88 bits per heavy atom. The van der Waals surface area contributed by atoms with Gasteiger partial charge in [0.2, 0.25) is 0 Å². The van der Waals surface area contributed by atoms with E-state index in [-0.39, 0.29) is 28.3 Å². The number of nitrogens with zero attached hydrogens (tertiary/aromatic N) is 1. The number of phenols is 1. The number of H-pyrrole nitrogens is 1. The molecular formula is C12H14N2O3. The third kappa shape index (κ3) is 1.73. The van der Waals surface area contributed by atoms with Crippen LogP contribution in [0.5, 0.6) is 5.75 Å². The summed E-state index contributed by atoms with van der Waals surface area (Å²) in [4.78, 5) is 23.9. The summed E-state index contributed by atoms with van der Waals surface area (Å²) < 4.78 is 1.26. The highest BCUT2D eigenvalue weighted by Gasteiger charge is 2.11. The van der Waals surface area contributed by atoms with Gasteiger partial charge in [-0.05, 0) is 38.5 Å². The van der Waals surface area contributed by atoms with Crippen molar-refractivity contribution in [3.63, 3.8) is 0 Å². The second kappa shape index (κ2) is 3.76. The number of aromatic amines is 1. The molecule has 0 saturated heterocycles. The topological polar surface area (TPSA) is 75.1 Å². The van der Waals surface area contributed by atoms with Gasteiger partial charge in [0, 0.05) is 6.04 Å². The van der Waals surface area contributed by atoms with Crippen molar-refractivity contribution in [2.24, 2.45) is 0 Å². The number of aryl methyl sites for hydroxylation is 1. The van der Waals surface area contributed by atoms with Gasteiger partial charge in [-0.25, -0.2) is 4.68 Å². The minimum absolute atomic E-state index is 0.0236. The third-order valence-electron chi connectivity index (χ3n) is 2.77. The monoisotopic (exact) mass is 234 g/mol. The van der Waals surface area contributed by atoms with Crippen molar-refractivity contribution < 1.29 is 5.11 Å². The number of nitrogens with one attached hydrogen (secondary N) is 1. The SMILES string of the molecule is Cc1cc2c(=O)[nH]n(C(C)C)c(=O)c2cc1O. The Labute approximate surface area is 97.3 Å². The molecule has 0 radical (unpaired) electrons. The largest absolute Gasteiger partial charge is 0.508 e. The first-order chi connectivity index (χ1) is 7.91. The molecule has 2 aromatic rings. The molecule has 2 N–H and O–H groups in total. The van der Waals surface area contributed by atoms with Crippen molar-refractivity contribution in [2.45, 2.75) is 26.8 Å². The molecule has 0 spiro atoms. The Kier molecular flexibility index (Phi) is 2.53. The van der Waals surface area contributed by atoms with Crippen LogP contribution in [0.1, 0.15) is 25.5 Å². The van der Waals surface area contributed by atoms with Gasteiger partial charge in [-0.15, -0.1) is 0 Å². The van der Waals surface area contributed by atoms with E-state index in [1.165, 1.54) is 16.8 Å². The van der Waals surface area contributed by atoms with Gasteiger partial charge in [-0.3, -0.25) is 14.7 Å². The highest BCUT2D eigenvalue weighted by molar-refractivity contribution is 5.83. The van der Waals surface area contributed by atoms with E-state index in [1.807, 2.05) is 0 Å². The van der Waals surface area contributed by atoms with Gasteiger partial charge in [0.15, 0.2) is 0 Å². The van der Waals surface area contributed by atoms with Crippen LogP contribution in [0.15, 0.2) is 21.7 Å². The number of aromatic hydroxyl groups is 1. The first-order valence-electron chi connectivity index (χ1n) is 5.40. The van der Waals surface area contributed by atoms with Crippen molar-refractivity contribution in [3.8, 4) is 5.75 Å². The van der Waals surface area contributed by atoms with Crippen LogP contribution >= 0.6 is 0 Å². The van der Waals surface area contributed by atoms with Gasteiger partial charge in [0.1, 0.15) is 5.75 Å². The number of fused-ring (bicyclic) bond motifs is 1. The van der Waals surface area contributed by atoms with Crippen LogP contribution in [-0.2, 0) is 0 Å². The van der Waals surface area contributed by atoms with E-state index >= 15 is 0 Å². The predicted octanol–water partition coefficient (Wildman–Crippen LogP) is 1.28. The Bertz CT molecular complexity index is 695. The van der Waals surface area contributed by atoms with Gasteiger partial charge in [-0.2, -0.15) is 0 Å². The number of rotatable bonds is 1. The van der Waals surface area contributed by atoms with Gasteiger partial charge >= 0.3 is 0 Å². The lowest BCUT2D eigenvalue weighted by Gasteiger charge is -2.10. The van der Waals surface area contributed by atoms with Gasteiger partial charge in [-0.1, -0.05) is 0 Å². The highest BCUT2D eigenvalue weighted by Crippen LogP contribution is 2.19. The molecule has 90 valence electrons. The van der Waals surface area contributed by atoms with E-state index in [9.17, 15) is 14.7 Å². The first-order valence-corrected chi connectivity index (χ1v) is 5.40. The fraction of sp³-hybridized carbons (Fsp3) is 0.333. The van der Waals surface area contributed by atoms with Crippen LogP contribution in [-0.4, -0.2) is 14.9 Å². The maximum Gasteiger partial charge on any atom is 0.273 e. The molecule has 0 saturated carbocycles. The average Bonchev–Trinajstić information content (AvgIpc) is 2.25. The first kappa shape index (κ1) is 11.4. The summed E-state index contributed by atoms with van der Waals surface area (Å²) in [6.45, 7) is 5.29. The van der Waals surface area contributed by atoms with E-state index in [4.69, 9.17) is 0 Å². The molecule has 1 aromatic heterocycles. The Balaban J connectivity index is 3.00. The summed E-state index contributed by atoms with van der Waals surface area (Å²) in [5.74, 6) is 0.0236. The number of hydrogen-bond donors (Lipinski definition) is 2.